The second-order valence-corrected chi connectivity index (χ2v) is 6.82. The maximum Gasteiger partial charge on any atom is 0.519 e. The summed E-state index contributed by atoms with van der Waals surface area (Å²) < 4.78 is 39.9. The minimum absolute atomic E-state index is 0.0105. The van der Waals surface area contributed by atoms with E-state index in [2.05, 4.69) is 25.3 Å². The van der Waals surface area contributed by atoms with E-state index in [1.165, 1.54) is 17.8 Å². The van der Waals surface area contributed by atoms with Crippen molar-refractivity contribution in [3.8, 4) is 12.3 Å². The van der Waals surface area contributed by atoms with Crippen LogP contribution in [0.1, 0.15) is 24.2 Å². The van der Waals surface area contributed by atoms with Crippen LogP contribution >= 0.6 is 0 Å². The Kier molecular flexibility index (Phi) is 5.28. The third-order valence-electron chi connectivity index (χ3n) is 4.85. The lowest BCUT2D eigenvalue weighted by molar-refractivity contribution is -0.0987. The number of aromatic nitrogens is 4. The molecule has 1 aliphatic rings. The van der Waals surface area contributed by atoms with Gasteiger partial charge in [-0.3, -0.25) is 4.57 Å². The molecule has 0 saturated carbocycles. The molecule has 0 spiro atoms. The largest absolute Gasteiger partial charge is 0.519 e. The number of terminal acetylenes is 1. The summed E-state index contributed by atoms with van der Waals surface area (Å²) in [6, 6.07) is 0. The molecule has 0 bridgehead atoms. The molecule has 1 fully saturated rings. The maximum absolute atomic E-state index is 13.6. The van der Waals surface area contributed by atoms with Crippen LogP contribution in [0.3, 0.4) is 0 Å². The summed E-state index contributed by atoms with van der Waals surface area (Å²) in [5.74, 6) is 1.34. The van der Waals surface area contributed by atoms with Crippen molar-refractivity contribution in [2.75, 3.05) is 12.3 Å². The van der Waals surface area contributed by atoms with E-state index in [0.29, 0.717) is 0 Å². The lowest BCUT2D eigenvalue weighted by Crippen LogP contribution is -2.43. The van der Waals surface area contributed by atoms with Crippen molar-refractivity contribution in [2.24, 2.45) is 0 Å². The topological polar surface area (TPSA) is 178 Å². The standard InChI is InChI=1S/C18H16FN5O8/c1-3-18(6-29-16(26)28-5-9-8(2)30-17(27)31-9)10(25)4-11(32-18)24-7-21-12-13(20)22-15(19)23-14(12)24/h1,7,10-11,25H,4-6H2,2H3,(H2,20,22,23)/t10-,11+,18+/m0/s1. The van der Waals surface area contributed by atoms with Crippen LogP contribution in [-0.2, 0) is 20.8 Å². The van der Waals surface area contributed by atoms with Crippen LogP contribution < -0.4 is 11.6 Å². The number of ether oxygens (including phenoxy) is 3. The molecule has 3 atom stereocenters. The molecule has 14 heteroatoms. The van der Waals surface area contributed by atoms with Gasteiger partial charge in [0.15, 0.2) is 40.7 Å². The van der Waals surface area contributed by atoms with Crippen molar-refractivity contribution in [1.29, 1.82) is 0 Å². The van der Waals surface area contributed by atoms with Gasteiger partial charge in [0.2, 0.25) is 0 Å². The Hall–Kier alpha value is -3.96. The molecule has 3 aromatic heterocycles. The fourth-order valence-corrected chi connectivity index (χ4v) is 3.18. The van der Waals surface area contributed by atoms with Gasteiger partial charge in [0.25, 0.3) is 0 Å². The third kappa shape index (κ3) is 3.74. The molecule has 0 radical (unpaired) electrons. The van der Waals surface area contributed by atoms with Crippen molar-refractivity contribution in [2.45, 2.75) is 37.9 Å². The van der Waals surface area contributed by atoms with Crippen molar-refractivity contribution in [1.82, 2.24) is 19.5 Å². The molecule has 1 aliphatic heterocycles. The number of hydrogen-bond acceptors (Lipinski definition) is 12. The molecule has 0 aliphatic carbocycles. The molecule has 1 saturated heterocycles. The van der Waals surface area contributed by atoms with Gasteiger partial charge in [-0.25, -0.2) is 14.6 Å². The highest BCUT2D eigenvalue weighted by atomic mass is 19.1. The third-order valence-corrected chi connectivity index (χ3v) is 4.85. The molecule has 32 heavy (non-hydrogen) atoms. The minimum Gasteiger partial charge on any atom is -0.430 e. The smallest absolute Gasteiger partial charge is 0.430 e. The number of nitrogens with zero attached hydrogens (tertiary/aromatic N) is 4. The van der Waals surface area contributed by atoms with E-state index in [1.807, 2.05) is 0 Å². The van der Waals surface area contributed by atoms with Crippen LogP contribution in [0.4, 0.5) is 15.0 Å². The highest BCUT2D eigenvalue weighted by Crippen LogP contribution is 2.38. The SMILES string of the molecule is C#C[C@]1(COC(=O)OCc2oc(=O)oc2C)O[C@@H](n2cnc3c(N)nc(F)nc32)C[C@@H]1O. The first-order valence-corrected chi connectivity index (χ1v) is 9.10. The van der Waals surface area contributed by atoms with Gasteiger partial charge in [0.1, 0.15) is 18.9 Å². The van der Waals surface area contributed by atoms with Crippen LogP contribution in [0.5, 0.6) is 0 Å². The van der Waals surface area contributed by atoms with Gasteiger partial charge >= 0.3 is 18.1 Å². The second-order valence-electron chi connectivity index (χ2n) is 6.82. The number of nitrogens with two attached hydrogens (primary N) is 1. The van der Waals surface area contributed by atoms with Crippen molar-refractivity contribution >= 4 is 23.1 Å². The first kappa shape index (κ1) is 21.3. The number of aliphatic hydroxyl groups is 1. The first-order chi connectivity index (χ1) is 15.2. The normalized spacial score (nSPS) is 22.7. The molecule has 3 aromatic rings. The van der Waals surface area contributed by atoms with Gasteiger partial charge in [0.05, 0.1) is 6.33 Å². The van der Waals surface area contributed by atoms with Gasteiger partial charge in [-0.05, 0) is 6.92 Å². The molecular weight excluding hydrogens is 433 g/mol. The summed E-state index contributed by atoms with van der Waals surface area (Å²) in [6.45, 7) is 0.473. The molecule has 4 heterocycles. The summed E-state index contributed by atoms with van der Waals surface area (Å²) in [4.78, 5) is 34.0. The Balaban J connectivity index is 1.44. The number of anilines is 1. The van der Waals surface area contributed by atoms with Crippen LogP contribution in [-0.4, -0.2) is 49.1 Å². The van der Waals surface area contributed by atoms with E-state index in [1.54, 1.807) is 0 Å². The highest BCUT2D eigenvalue weighted by molar-refractivity contribution is 5.81. The summed E-state index contributed by atoms with van der Waals surface area (Å²) in [5.41, 5.74) is 4.10. The van der Waals surface area contributed by atoms with Crippen molar-refractivity contribution in [3.05, 3.63) is 34.5 Å². The molecule has 13 nitrogen and oxygen atoms in total. The van der Waals surface area contributed by atoms with E-state index < -0.39 is 49.2 Å². The second kappa shape index (κ2) is 7.94. The number of carbonyl (C=O) groups excluding carboxylic acids is 1. The van der Waals surface area contributed by atoms with E-state index in [9.17, 15) is 19.1 Å². The highest BCUT2D eigenvalue weighted by Gasteiger charge is 2.49. The maximum atomic E-state index is 13.6. The number of aliphatic hydroxyl groups excluding tert-OH is 1. The lowest BCUT2D eigenvalue weighted by Gasteiger charge is -2.25. The van der Waals surface area contributed by atoms with Gasteiger partial charge in [-0.2, -0.15) is 14.4 Å². The summed E-state index contributed by atoms with van der Waals surface area (Å²) in [6.07, 6.45) is 2.40. The predicted molar refractivity (Wildman–Crippen MR) is 100 cm³/mol. The van der Waals surface area contributed by atoms with Gasteiger partial charge in [-0.1, -0.05) is 5.92 Å². The minimum atomic E-state index is -1.73. The average molecular weight is 449 g/mol. The lowest BCUT2D eigenvalue weighted by atomic mass is 9.99. The zero-order valence-electron chi connectivity index (χ0n) is 16.5. The number of nitrogen functional groups attached to an aromatic ring is 1. The Labute approximate surface area is 177 Å². The van der Waals surface area contributed by atoms with E-state index >= 15 is 0 Å². The number of halogens is 1. The number of hydrogen-bond donors (Lipinski definition) is 2. The van der Waals surface area contributed by atoms with E-state index in [-0.39, 0.29) is 34.9 Å². The van der Waals surface area contributed by atoms with Crippen LogP contribution in [0.25, 0.3) is 11.2 Å². The van der Waals surface area contributed by atoms with E-state index in [0.717, 1.165) is 0 Å². The summed E-state index contributed by atoms with van der Waals surface area (Å²) >= 11 is 0. The van der Waals surface area contributed by atoms with Gasteiger partial charge in [-0.15, -0.1) is 6.42 Å². The predicted octanol–water partition coefficient (Wildman–Crippen LogP) is 0.407. The molecule has 3 N–H and O–H groups in total. The monoisotopic (exact) mass is 449 g/mol. The Morgan fingerprint density at radius 3 is 2.94 bits per heavy atom. The number of rotatable bonds is 5. The first-order valence-electron chi connectivity index (χ1n) is 9.10. The summed E-state index contributed by atoms with van der Waals surface area (Å²) in [5, 5.41) is 10.5. The van der Waals surface area contributed by atoms with Gasteiger partial charge in [0, 0.05) is 6.42 Å². The Morgan fingerprint density at radius 1 is 1.47 bits per heavy atom. The van der Waals surface area contributed by atoms with Crippen molar-refractivity contribution < 1.29 is 37.3 Å². The van der Waals surface area contributed by atoms with Crippen LogP contribution in [0, 0.1) is 25.3 Å². The molecule has 0 unspecified atom stereocenters. The summed E-state index contributed by atoms with van der Waals surface area (Å²) in [7, 11) is 0. The zero-order valence-corrected chi connectivity index (χ0v) is 16.5. The number of carbonyl (C=O) groups is 1. The quantitative estimate of drug-likeness (QED) is 0.312. The Bertz CT molecular complexity index is 1280. The van der Waals surface area contributed by atoms with Crippen LogP contribution in [0.15, 0.2) is 20.0 Å². The fourth-order valence-electron chi connectivity index (χ4n) is 3.18. The van der Waals surface area contributed by atoms with Gasteiger partial charge < -0.3 is 33.9 Å². The average Bonchev–Trinajstić information content (AvgIpc) is 3.40. The number of fused-ring (bicyclic) bond motifs is 1. The molecule has 4 rings (SSSR count). The number of imidazole rings is 1. The van der Waals surface area contributed by atoms with E-state index in [4.69, 9.17) is 30.8 Å². The zero-order chi connectivity index (χ0) is 23.0. The molecule has 0 amide bonds. The molecule has 0 aromatic carbocycles. The van der Waals surface area contributed by atoms with Crippen molar-refractivity contribution in [3.63, 3.8) is 0 Å². The number of aryl methyl sites for hydroxylation is 1. The fraction of sp³-hybridized carbons (Fsp3) is 0.389. The molecular formula is C18H16FN5O8. The van der Waals surface area contributed by atoms with Crippen LogP contribution in [0.2, 0.25) is 0 Å². The molecule has 168 valence electrons. The Morgan fingerprint density at radius 2 is 2.25 bits per heavy atom.